The maximum Gasteiger partial charge on any atom is 0.204 e. The van der Waals surface area contributed by atoms with Gasteiger partial charge in [0.2, 0.25) is 5.43 Å². The summed E-state index contributed by atoms with van der Waals surface area (Å²) in [6.07, 6.45) is 2.88. The number of nitrogens with zero attached hydrogens (tertiary/aromatic N) is 4. The standard InChI is InChI=1S/C22H16FN5O3/c1-30-14-6-3-7-15-18(14)20(29)17(12-4-2-5-13(23)8-12)16(31-15)9-28-11-27-19-21(24)25-10-26-22(19)28/h2-8,10-11H,9H2,1H3,(H2,24,25,26). The first-order valence-corrected chi connectivity index (χ1v) is 9.36. The molecule has 0 radical (unpaired) electrons. The molecular formula is C22H16FN5O3. The summed E-state index contributed by atoms with van der Waals surface area (Å²) in [5, 5.41) is 0.287. The number of hydrogen-bond donors (Lipinski definition) is 1. The average Bonchev–Trinajstić information content (AvgIpc) is 3.17. The highest BCUT2D eigenvalue weighted by molar-refractivity contribution is 5.88. The van der Waals surface area contributed by atoms with Crippen molar-refractivity contribution in [3.8, 4) is 16.9 Å². The van der Waals surface area contributed by atoms with E-state index < -0.39 is 5.82 Å². The maximum absolute atomic E-state index is 14.0. The lowest BCUT2D eigenvalue weighted by atomic mass is 10.0. The van der Waals surface area contributed by atoms with Crippen molar-refractivity contribution in [3.05, 3.63) is 76.9 Å². The first kappa shape index (κ1) is 18.7. The maximum atomic E-state index is 14.0. The third-order valence-corrected chi connectivity index (χ3v) is 5.03. The van der Waals surface area contributed by atoms with E-state index in [2.05, 4.69) is 15.0 Å². The Morgan fingerprint density at radius 1 is 1.16 bits per heavy atom. The van der Waals surface area contributed by atoms with Gasteiger partial charge >= 0.3 is 0 Å². The monoisotopic (exact) mass is 417 g/mol. The molecule has 0 amide bonds. The molecule has 0 aliphatic heterocycles. The second kappa shape index (κ2) is 7.21. The summed E-state index contributed by atoms with van der Waals surface area (Å²) in [7, 11) is 1.48. The Hall–Kier alpha value is -4.27. The van der Waals surface area contributed by atoms with Gasteiger partial charge in [-0.25, -0.2) is 19.3 Å². The van der Waals surface area contributed by atoms with Gasteiger partial charge in [0.25, 0.3) is 0 Å². The van der Waals surface area contributed by atoms with Crippen molar-refractivity contribution in [2.75, 3.05) is 12.8 Å². The number of benzene rings is 2. The highest BCUT2D eigenvalue weighted by Crippen LogP contribution is 2.30. The molecule has 31 heavy (non-hydrogen) atoms. The Kier molecular flexibility index (Phi) is 4.36. The van der Waals surface area contributed by atoms with Crippen LogP contribution in [0.1, 0.15) is 5.76 Å². The number of methoxy groups -OCH3 is 1. The molecule has 2 N–H and O–H groups in total. The normalized spacial score (nSPS) is 11.3. The van der Waals surface area contributed by atoms with Gasteiger partial charge in [-0.1, -0.05) is 18.2 Å². The Balaban J connectivity index is 1.79. The fraction of sp³-hybridized carbons (Fsp3) is 0.0909. The Labute approximate surface area is 174 Å². The SMILES string of the molecule is COc1cccc2oc(Cn3cnc4c(N)ncnc43)c(-c3cccc(F)c3)c(=O)c12. The van der Waals surface area contributed by atoms with Crippen LogP contribution in [-0.2, 0) is 6.54 Å². The van der Waals surface area contributed by atoms with Crippen molar-refractivity contribution >= 4 is 28.0 Å². The molecule has 0 saturated carbocycles. The molecule has 2 aromatic carbocycles. The Morgan fingerprint density at radius 3 is 2.81 bits per heavy atom. The van der Waals surface area contributed by atoms with Crippen LogP contribution in [0.2, 0.25) is 0 Å². The van der Waals surface area contributed by atoms with Gasteiger partial charge in [-0.05, 0) is 29.8 Å². The minimum atomic E-state index is -0.462. The molecule has 0 aliphatic rings. The predicted octanol–water partition coefficient (Wildman–Crippen LogP) is 3.38. The number of nitrogens with two attached hydrogens (primary N) is 1. The van der Waals surface area contributed by atoms with Crippen molar-refractivity contribution in [3.63, 3.8) is 0 Å². The van der Waals surface area contributed by atoms with Crippen LogP contribution in [0.25, 0.3) is 33.3 Å². The van der Waals surface area contributed by atoms with Gasteiger partial charge in [-0.15, -0.1) is 0 Å². The van der Waals surface area contributed by atoms with Gasteiger partial charge < -0.3 is 19.5 Å². The third kappa shape index (κ3) is 3.07. The first-order valence-electron chi connectivity index (χ1n) is 9.36. The molecule has 0 atom stereocenters. The highest BCUT2D eigenvalue weighted by atomic mass is 19.1. The van der Waals surface area contributed by atoms with E-state index in [0.29, 0.717) is 33.8 Å². The van der Waals surface area contributed by atoms with Crippen molar-refractivity contribution in [2.45, 2.75) is 6.54 Å². The van der Waals surface area contributed by atoms with Gasteiger partial charge in [-0.2, -0.15) is 0 Å². The lowest BCUT2D eigenvalue weighted by Gasteiger charge is -2.13. The minimum absolute atomic E-state index is 0.126. The number of halogens is 1. The summed E-state index contributed by atoms with van der Waals surface area (Å²) >= 11 is 0. The summed E-state index contributed by atoms with van der Waals surface area (Å²) in [5.41, 5.74) is 7.48. The molecule has 154 valence electrons. The molecular weight excluding hydrogens is 401 g/mol. The zero-order chi connectivity index (χ0) is 21.5. The lowest BCUT2D eigenvalue weighted by molar-refractivity contribution is 0.418. The minimum Gasteiger partial charge on any atom is -0.496 e. The number of nitrogen functional groups attached to an aromatic ring is 1. The van der Waals surface area contributed by atoms with Crippen molar-refractivity contribution in [1.29, 1.82) is 0 Å². The number of imidazole rings is 1. The molecule has 0 spiro atoms. The molecule has 8 nitrogen and oxygen atoms in total. The molecule has 0 aliphatic carbocycles. The molecule has 3 heterocycles. The molecule has 5 rings (SSSR count). The van der Waals surface area contributed by atoms with Crippen LogP contribution >= 0.6 is 0 Å². The molecule has 5 aromatic rings. The molecule has 0 bridgehead atoms. The second-order valence-electron chi connectivity index (χ2n) is 6.88. The van der Waals surface area contributed by atoms with Crippen LogP contribution in [0.3, 0.4) is 0 Å². The van der Waals surface area contributed by atoms with Crippen molar-refractivity contribution in [1.82, 2.24) is 19.5 Å². The topological polar surface area (TPSA) is 109 Å². The van der Waals surface area contributed by atoms with Crippen LogP contribution in [0.4, 0.5) is 10.2 Å². The van der Waals surface area contributed by atoms with E-state index in [0.717, 1.165) is 0 Å². The zero-order valence-corrected chi connectivity index (χ0v) is 16.4. The highest BCUT2D eigenvalue weighted by Gasteiger charge is 2.20. The summed E-state index contributed by atoms with van der Waals surface area (Å²) in [6.45, 7) is 0.126. The van der Waals surface area contributed by atoms with Gasteiger partial charge in [0.05, 0.1) is 25.5 Å². The summed E-state index contributed by atoms with van der Waals surface area (Å²) in [4.78, 5) is 26.0. The molecule has 3 aromatic heterocycles. The van der Waals surface area contributed by atoms with Gasteiger partial charge in [-0.3, -0.25) is 4.79 Å². The predicted molar refractivity (Wildman–Crippen MR) is 113 cm³/mol. The quantitative estimate of drug-likeness (QED) is 0.477. The second-order valence-corrected chi connectivity index (χ2v) is 6.88. The first-order chi connectivity index (χ1) is 15.1. The van der Waals surface area contributed by atoms with Crippen LogP contribution in [0.15, 0.2) is 64.3 Å². The van der Waals surface area contributed by atoms with Crippen LogP contribution in [0, 0.1) is 5.82 Å². The Bertz CT molecular complexity index is 1510. The third-order valence-electron chi connectivity index (χ3n) is 5.03. The van der Waals surface area contributed by atoms with Gasteiger partial charge in [0.15, 0.2) is 11.5 Å². The van der Waals surface area contributed by atoms with E-state index in [9.17, 15) is 9.18 Å². The number of ether oxygens (including phenoxy) is 1. The molecule has 9 heteroatoms. The van der Waals surface area contributed by atoms with E-state index in [1.807, 2.05) is 0 Å². The number of hydrogen-bond acceptors (Lipinski definition) is 7. The van der Waals surface area contributed by atoms with E-state index in [1.165, 1.54) is 25.6 Å². The molecule has 0 fully saturated rings. The number of fused-ring (bicyclic) bond motifs is 2. The lowest BCUT2D eigenvalue weighted by Crippen LogP contribution is -2.13. The number of anilines is 1. The van der Waals surface area contributed by atoms with Crippen molar-refractivity contribution < 1.29 is 13.5 Å². The van der Waals surface area contributed by atoms with Crippen LogP contribution in [0.5, 0.6) is 5.75 Å². The van der Waals surface area contributed by atoms with Crippen molar-refractivity contribution in [2.24, 2.45) is 0 Å². The van der Waals surface area contributed by atoms with E-state index in [-0.39, 0.29) is 28.7 Å². The van der Waals surface area contributed by atoms with Gasteiger partial charge in [0.1, 0.15) is 40.1 Å². The van der Waals surface area contributed by atoms with E-state index in [1.54, 1.807) is 41.2 Å². The summed E-state index contributed by atoms with van der Waals surface area (Å²) in [6, 6.07) is 10.9. The molecule has 0 saturated heterocycles. The smallest absolute Gasteiger partial charge is 0.204 e. The fourth-order valence-electron chi connectivity index (χ4n) is 3.64. The fourth-order valence-corrected chi connectivity index (χ4v) is 3.64. The Morgan fingerprint density at radius 2 is 2.00 bits per heavy atom. The van der Waals surface area contributed by atoms with Crippen LogP contribution < -0.4 is 15.9 Å². The van der Waals surface area contributed by atoms with E-state index >= 15 is 0 Å². The average molecular weight is 417 g/mol. The zero-order valence-electron chi connectivity index (χ0n) is 16.4. The summed E-state index contributed by atoms with van der Waals surface area (Å²) < 4.78 is 27.2. The van der Waals surface area contributed by atoms with Gasteiger partial charge in [0, 0.05) is 0 Å². The number of rotatable bonds is 4. The van der Waals surface area contributed by atoms with Crippen LogP contribution in [-0.4, -0.2) is 26.6 Å². The number of aromatic nitrogens is 4. The summed E-state index contributed by atoms with van der Waals surface area (Å²) in [5.74, 6) is 0.493. The molecule has 0 unspecified atom stereocenters. The largest absolute Gasteiger partial charge is 0.496 e. The van der Waals surface area contributed by atoms with E-state index in [4.69, 9.17) is 14.9 Å².